The monoisotopic (exact) mass is 433 g/mol. The topological polar surface area (TPSA) is 42.2 Å². The van der Waals surface area contributed by atoms with Crippen LogP contribution in [0.2, 0.25) is 0 Å². The van der Waals surface area contributed by atoms with Crippen molar-refractivity contribution in [3.8, 4) is 11.5 Å². The van der Waals surface area contributed by atoms with E-state index in [0.29, 0.717) is 11.8 Å². The summed E-state index contributed by atoms with van der Waals surface area (Å²) in [5, 5.41) is 8.68. The van der Waals surface area contributed by atoms with Gasteiger partial charge >= 0.3 is 0 Å². The summed E-state index contributed by atoms with van der Waals surface area (Å²) in [5.74, 6) is 1.11. The van der Waals surface area contributed by atoms with Crippen molar-refractivity contribution in [2.24, 2.45) is 0 Å². The van der Waals surface area contributed by atoms with Gasteiger partial charge in [-0.15, -0.1) is 10.2 Å². The van der Waals surface area contributed by atoms with Gasteiger partial charge in [0.25, 0.3) is 0 Å². The van der Waals surface area contributed by atoms with Crippen LogP contribution in [-0.4, -0.2) is 22.1 Å². The number of hydrogen-bond donors (Lipinski definition) is 0. The molecular formula is C23H20BrN3O. The number of nitrogens with zero attached hydrogens (tertiary/aromatic N) is 3. The molecule has 28 heavy (non-hydrogen) atoms. The third kappa shape index (κ3) is 4.21. The minimum atomic E-state index is -0.127. The molecule has 0 radical (unpaired) electrons. The van der Waals surface area contributed by atoms with Gasteiger partial charge in [-0.1, -0.05) is 76.6 Å². The van der Waals surface area contributed by atoms with Gasteiger partial charge in [0.15, 0.2) is 0 Å². The van der Waals surface area contributed by atoms with E-state index in [1.165, 1.54) is 5.56 Å². The Hall–Kier alpha value is -2.76. The van der Waals surface area contributed by atoms with E-state index in [1.807, 2.05) is 48.5 Å². The molecule has 1 atom stereocenters. The summed E-state index contributed by atoms with van der Waals surface area (Å²) in [6.07, 6.45) is 0. The average Bonchev–Trinajstić information content (AvgIpc) is 3.20. The fourth-order valence-electron chi connectivity index (χ4n) is 3.24. The van der Waals surface area contributed by atoms with E-state index in [-0.39, 0.29) is 6.04 Å². The standard InChI is InChI=1S/C23H20BrN3O/c1-27(16-17-8-4-2-5-9-17)21(18-10-6-3-7-11-18)23-26-25-22(28-23)19-12-14-20(24)15-13-19/h2-15,21H,16H2,1H3. The largest absolute Gasteiger partial charge is 0.419 e. The molecule has 4 aromatic rings. The highest BCUT2D eigenvalue weighted by atomic mass is 79.9. The van der Waals surface area contributed by atoms with Crippen LogP contribution in [0.15, 0.2) is 93.8 Å². The second-order valence-corrected chi connectivity index (χ2v) is 7.58. The van der Waals surface area contributed by atoms with E-state index in [0.717, 1.165) is 22.1 Å². The first-order valence-electron chi connectivity index (χ1n) is 9.09. The Morgan fingerprint density at radius 1 is 0.857 bits per heavy atom. The summed E-state index contributed by atoms with van der Waals surface area (Å²) in [5.41, 5.74) is 3.25. The average molecular weight is 434 g/mol. The zero-order valence-electron chi connectivity index (χ0n) is 15.5. The van der Waals surface area contributed by atoms with Crippen LogP contribution in [0, 0.1) is 0 Å². The van der Waals surface area contributed by atoms with Gasteiger partial charge in [-0.05, 0) is 42.4 Å². The molecule has 0 saturated carbocycles. The Labute approximate surface area is 173 Å². The first-order valence-corrected chi connectivity index (χ1v) is 9.88. The van der Waals surface area contributed by atoms with Gasteiger partial charge in [-0.25, -0.2) is 0 Å². The van der Waals surface area contributed by atoms with Crippen LogP contribution in [0.25, 0.3) is 11.5 Å². The van der Waals surface area contributed by atoms with Crippen LogP contribution in [0.1, 0.15) is 23.1 Å². The zero-order valence-corrected chi connectivity index (χ0v) is 17.1. The van der Waals surface area contributed by atoms with Gasteiger partial charge < -0.3 is 4.42 Å². The Morgan fingerprint density at radius 2 is 1.50 bits per heavy atom. The Bertz CT molecular complexity index is 1020. The number of aromatic nitrogens is 2. The molecule has 0 N–H and O–H groups in total. The first kappa shape index (κ1) is 18.6. The van der Waals surface area contributed by atoms with Crippen molar-refractivity contribution in [1.82, 2.24) is 15.1 Å². The lowest BCUT2D eigenvalue weighted by atomic mass is 10.0. The molecule has 5 heteroatoms. The van der Waals surface area contributed by atoms with E-state index in [9.17, 15) is 0 Å². The zero-order chi connectivity index (χ0) is 19.3. The first-order chi connectivity index (χ1) is 13.7. The molecule has 1 heterocycles. The van der Waals surface area contributed by atoms with E-state index >= 15 is 0 Å². The summed E-state index contributed by atoms with van der Waals surface area (Å²) in [6.45, 7) is 0.774. The number of halogens is 1. The van der Waals surface area contributed by atoms with Crippen molar-refractivity contribution in [2.75, 3.05) is 7.05 Å². The summed E-state index contributed by atoms with van der Waals surface area (Å²) in [7, 11) is 2.08. The van der Waals surface area contributed by atoms with Gasteiger partial charge in [0.05, 0.1) is 0 Å². The molecule has 4 rings (SSSR count). The van der Waals surface area contributed by atoms with Crippen molar-refractivity contribution in [3.05, 3.63) is 106 Å². The SMILES string of the molecule is CN(Cc1ccccc1)C(c1ccccc1)c1nnc(-c2ccc(Br)cc2)o1. The quantitative estimate of drug-likeness (QED) is 0.389. The minimum Gasteiger partial charge on any atom is -0.419 e. The van der Waals surface area contributed by atoms with Crippen LogP contribution in [0.5, 0.6) is 0 Å². The van der Waals surface area contributed by atoms with E-state index in [2.05, 4.69) is 74.5 Å². The minimum absolute atomic E-state index is 0.127. The molecule has 0 fully saturated rings. The number of rotatable bonds is 6. The van der Waals surface area contributed by atoms with Crippen molar-refractivity contribution in [1.29, 1.82) is 0 Å². The molecule has 0 spiro atoms. The second-order valence-electron chi connectivity index (χ2n) is 6.67. The van der Waals surface area contributed by atoms with Crippen LogP contribution in [0.4, 0.5) is 0 Å². The van der Waals surface area contributed by atoms with Gasteiger partial charge in [-0.3, -0.25) is 4.90 Å². The molecule has 140 valence electrons. The van der Waals surface area contributed by atoms with Gasteiger partial charge in [0.1, 0.15) is 6.04 Å². The summed E-state index contributed by atoms with van der Waals surface area (Å²) in [6, 6.07) is 28.4. The van der Waals surface area contributed by atoms with Crippen molar-refractivity contribution < 1.29 is 4.42 Å². The lowest BCUT2D eigenvalue weighted by Crippen LogP contribution is -2.25. The molecule has 1 unspecified atom stereocenters. The third-order valence-electron chi connectivity index (χ3n) is 4.60. The van der Waals surface area contributed by atoms with E-state index in [4.69, 9.17) is 4.42 Å². The molecule has 4 nitrogen and oxygen atoms in total. The van der Waals surface area contributed by atoms with Crippen molar-refractivity contribution >= 4 is 15.9 Å². The maximum atomic E-state index is 6.11. The molecule has 0 aliphatic carbocycles. The summed E-state index contributed by atoms with van der Waals surface area (Å²) < 4.78 is 7.12. The molecule has 3 aromatic carbocycles. The van der Waals surface area contributed by atoms with Crippen molar-refractivity contribution in [2.45, 2.75) is 12.6 Å². The van der Waals surface area contributed by atoms with E-state index < -0.39 is 0 Å². The Balaban J connectivity index is 1.67. The Kier molecular flexibility index (Phi) is 5.65. The van der Waals surface area contributed by atoms with Crippen LogP contribution in [0.3, 0.4) is 0 Å². The lowest BCUT2D eigenvalue weighted by molar-refractivity contribution is 0.235. The van der Waals surface area contributed by atoms with Crippen LogP contribution >= 0.6 is 15.9 Å². The summed E-state index contributed by atoms with van der Waals surface area (Å²) in [4.78, 5) is 2.23. The van der Waals surface area contributed by atoms with Gasteiger partial charge in [0, 0.05) is 16.6 Å². The van der Waals surface area contributed by atoms with Crippen LogP contribution in [-0.2, 0) is 6.54 Å². The molecular weight excluding hydrogens is 414 g/mol. The highest BCUT2D eigenvalue weighted by Crippen LogP contribution is 2.30. The lowest BCUT2D eigenvalue weighted by Gasteiger charge is -2.25. The maximum Gasteiger partial charge on any atom is 0.247 e. The Morgan fingerprint density at radius 3 is 2.18 bits per heavy atom. The summed E-state index contributed by atoms with van der Waals surface area (Å²) >= 11 is 3.45. The number of hydrogen-bond acceptors (Lipinski definition) is 4. The molecule has 0 bridgehead atoms. The fraction of sp³-hybridized carbons (Fsp3) is 0.130. The molecule has 1 aromatic heterocycles. The maximum absolute atomic E-state index is 6.11. The van der Waals surface area contributed by atoms with Crippen molar-refractivity contribution in [3.63, 3.8) is 0 Å². The highest BCUT2D eigenvalue weighted by molar-refractivity contribution is 9.10. The second kappa shape index (κ2) is 8.50. The predicted molar refractivity (Wildman–Crippen MR) is 114 cm³/mol. The molecule has 0 aliphatic rings. The smallest absolute Gasteiger partial charge is 0.247 e. The molecule has 0 amide bonds. The van der Waals surface area contributed by atoms with Gasteiger partial charge in [-0.2, -0.15) is 0 Å². The fourth-order valence-corrected chi connectivity index (χ4v) is 3.50. The van der Waals surface area contributed by atoms with E-state index in [1.54, 1.807) is 0 Å². The normalized spacial score (nSPS) is 12.2. The van der Waals surface area contributed by atoms with Gasteiger partial charge in [0.2, 0.25) is 11.8 Å². The van der Waals surface area contributed by atoms with Crippen LogP contribution < -0.4 is 0 Å². The highest BCUT2D eigenvalue weighted by Gasteiger charge is 2.25. The predicted octanol–water partition coefficient (Wildman–Crippen LogP) is 5.72. The number of benzene rings is 3. The molecule has 0 saturated heterocycles. The third-order valence-corrected chi connectivity index (χ3v) is 5.13. The molecule has 0 aliphatic heterocycles.